The number of aromatic amines is 1. The molecule has 1 N–H and O–H groups in total. The fourth-order valence-corrected chi connectivity index (χ4v) is 1.30. The number of rotatable bonds is 2. The largest absolute Gasteiger partial charge is 0.329 e. The molecule has 1 atom stereocenters. The van der Waals surface area contributed by atoms with Crippen LogP contribution in [0.1, 0.15) is 23.9 Å². The van der Waals surface area contributed by atoms with Crippen molar-refractivity contribution in [2.75, 3.05) is 0 Å². The van der Waals surface area contributed by atoms with Crippen LogP contribution in [-0.4, -0.2) is 9.55 Å². The van der Waals surface area contributed by atoms with Gasteiger partial charge in [-0.2, -0.15) is 0 Å². The second kappa shape index (κ2) is 3.91. The summed E-state index contributed by atoms with van der Waals surface area (Å²) in [6.07, 6.45) is 2.34. The van der Waals surface area contributed by atoms with Gasteiger partial charge in [0.05, 0.1) is 4.95 Å². The van der Waals surface area contributed by atoms with Gasteiger partial charge in [-0.1, -0.05) is 22.9 Å². The smallest absolute Gasteiger partial charge is 0.287 e. The number of nitrogens with zero attached hydrogens (tertiary/aromatic N) is 1. The van der Waals surface area contributed by atoms with Gasteiger partial charge in [-0.05, 0) is 13.3 Å². The maximum atomic E-state index is 11.3. The summed E-state index contributed by atoms with van der Waals surface area (Å²) in [4.78, 5) is 24.5. The minimum Gasteiger partial charge on any atom is -0.287 e. The molecule has 1 unspecified atom stereocenters. The van der Waals surface area contributed by atoms with Gasteiger partial charge in [0.15, 0.2) is 0 Å². The lowest BCUT2D eigenvalue weighted by Crippen LogP contribution is -2.31. The minimum absolute atomic E-state index is 0.0597. The number of alkyl halides is 1. The zero-order chi connectivity index (χ0) is 10.0. The molecule has 4 nitrogen and oxygen atoms in total. The number of nitrogens with one attached hydrogen (secondary N) is 1. The molecule has 1 heterocycles. The van der Waals surface area contributed by atoms with E-state index in [4.69, 9.17) is 0 Å². The highest BCUT2D eigenvalue weighted by Gasteiger charge is 2.07. The fourth-order valence-electron chi connectivity index (χ4n) is 0.991. The minimum atomic E-state index is -0.376. The number of hydrogen-bond acceptors (Lipinski definition) is 2. The van der Waals surface area contributed by atoms with Gasteiger partial charge in [-0.25, -0.2) is 4.79 Å². The molecule has 0 radical (unpaired) electrons. The molecular weight excluding hydrogens is 236 g/mol. The molecule has 0 aliphatic rings. The molecule has 0 aliphatic carbocycles. The fraction of sp³-hybridized carbons (Fsp3) is 0.500. The number of aromatic nitrogens is 2. The van der Waals surface area contributed by atoms with Crippen molar-refractivity contribution >= 4 is 15.9 Å². The normalized spacial score (nSPS) is 12.8. The van der Waals surface area contributed by atoms with Crippen LogP contribution in [0.4, 0.5) is 0 Å². The molecule has 1 aromatic rings. The third-order valence-electron chi connectivity index (χ3n) is 1.78. The van der Waals surface area contributed by atoms with Crippen LogP contribution in [0, 0.1) is 6.92 Å². The van der Waals surface area contributed by atoms with Gasteiger partial charge in [0.2, 0.25) is 0 Å². The van der Waals surface area contributed by atoms with Gasteiger partial charge in [0.25, 0.3) is 5.56 Å². The SMILES string of the molecule is CCC(Br)n1cc(C)c(=O)[nH]c1=O. The van der Waals surface area contributed by atoms with E-state index in [2.05, 4.69) is 20.9 Å². The zero-order valence-electron chi connectivity index (χ0n) is 7.50. The van der Waals surface area contributed by atoms with Crippen molar-refractivity contribution in [3.8, 4) is 0 Å². The molecule has 0 aliphatic heterocycles. The van der Waals surface area contributed by atoms with Crippen molar-refractivity contribution in [2.45, 2.75) is 25.2 Å². The van der Waals surface area contributed by atoms with Gasteiger partial charge >= 0.3 is 5.69 Å². The first-order valence-corrected chi connectivity index (χ1v) is 4.94. The lowest BCUT2D eigenvalue weighted by Gasteiger charge is -2.10. The molecule has 5 heteroatoms. The Morgan fingerprint density at radius 3 is 2.77 bits per heavy atom. The highest BCUT2D eigenvalue weighted by atomic mass is 79.9. The summed E-state index contributed by atoms with van der Waals surface area (Å²) >= 11 is 3.34. The molecule has 0 saturated heterocycles. The quantitative estimate of drug-likeness (QED) is 0.797. The number of aryl methyl sites for hydroxylation is 1. The van der Waals surface area contributed by atoms with Crippen LogP contribution in [-0.2, 0) is 0 Å². The number of halogens is 1. The molecule has 0 saturated carbocycles. The van der Waals surface area contributed by atoms with Crippen LogP contribution in [0.2, 0.25) is 0 Å². The molecule has 13 heavy (non-hydrogen) atoms. The number of H-pyrrole nitrogens is 1. The van der Waals surface area contributed by atoms with E-state index in [1.165, 1.54) is 4.57 Å². The topological polar surface area (TPSA) is 54.9 Å². The Hall–Kier alpha value is -0.840. The molecule has 0 aromatic carbocycles. The second-order valence-corrected chi connectivity index (χ2v) is 3.88. The standard InChI is InChI=1S/C8H11BrN2O2/c1-3-6(9)11-4-5(2)7(12)10-8(11)13/h4,6H,3H2,1-2H3,(H,10,12,13). The highest BCUT2D eigenvalue weighted by molar-refractivity contribution is 9.09. The maximum absolute atomic E-state index is 11.3. The first kappa shape index (κ1) is 10.2. The van der Waals surface area contributed by atoms with Gasteiger partial charge in [-0.15, -0.1) is 0 Å². The third kappa shape index (κ3) is 2.09. The average molecular weight is 247 g/mol. The van der Waals surface area contributed by atoms with E-state index >= 15 is 0 Å². The van der Waals surface area contributed by atoms with E-state index in [1.54, 1.807) is 13.1 Å². The Morgan fingerprint density at radius 2 is 2.23 bits per heavy atom. The van der Waals surface area contributed by atoms with Crippen LogP contribution < -0.4 is 11.2 Å². The Balaban J connectivity index is 3.32. The molecule has 72 valence electrons. The van der Waals surface area contributed by atoms with Crippen molar-refractivity contribution in [1.82, 2.24) is 9.55 Å². The Kier molecular flexibility index (Phi) is 3.08. The predicted octanol–water partition coefficient (Wildman–Crippen LogP) is 1.15. The molecule has 0 fully saturated rings. The summed E-state index contributed by atoms with van der Waals surface area (Å²) in [5, 5.41) is 0. The molecular formula is C8H11BrN2O2. The van der Waals surface area contributed by atoms with E-state index in [0.717, 1.165) is 6.42 Å². The van der Waals surface area contributed by atoms with E-state index < -0.39 is 0 Å². The van der Waals surface area contributed by atoms with Crippen molar-refractivity contribution < 1.29 is 0 Å². The summed E-state index contributed by atoms with van der Waals surface area (Å²) in [6.45, 7) is 3.62. The lowest BCUT2D eigenvalue weighted by molar-refractivity contribution is 0.621. The van der Waals surface area contributed by atoms with Crippen LogP contribution in [0.25, 0.3) is 0 Å². The van der Waals surface area contributed by atoms with E-state index in [1.807, 2.05) is 6.92 Å². The van der Waals surface area contributed by atoms with Crippen molar-refractivity contribution in [2.24, 2.45) is 0 Å². The van der Waals surface area contributed by atoms with E-state index in [-0.39, 0.29) is 16.2 Å². The molecule has 1 rings (SSSR count). The second-order valence-electron chi connectivity index (χ2n) is 2.82. The zero-order valence-corrected chi connectivity index (χ0v) is 9.09. The summed E-state index contributed by atoms with van der Waals surface area (Å²) in [5.74, 6) is 0. The van der Waals surface area contributed by atoms with Crippen molar-refractivity contribution in [3.05, 3.63) is 32.6 Å². The van der Waals surface area contributed by atoms with Gasteiger partial charge in [0.1, 0.15) is 0 Å². The first-order valence-electron chi connectivity index (χ1n) is 4.02. The van der Waals surface area contributed by atoms with Crippen molar-refractivity contribution in [1.29, 1.82) is 0 Å². The summed E-state index contributed by atoms with van der Waals surface area (Å²) in [5.41, 5.74) is -0.158. The van der Waals surface area contributed by atoms with Gasteiger partial charge < -0.3 is 0 Å². The van der Waals surface area contributed by atoms with Crippen molar-refractivity contribution in [3.63, 3.8) is 0 Å². The maximum Gasteiger partial charge on any atom is 0.329 e. The Morgan fingerprint density at radius 1 is 1.62 bits per heavy atom. The van der Waals surface area contributed by atoms with E-state index in [9.17, 15) is 9.59 Å². The predicted molar refractivity (Wildman–Crippen MR) is 54.3 cm³/mol. The van der Waals surface area contributed by atoms with Crippen LogP contribution in [0.3, 0.4) is 0 Å². The molecule has 1 aromatic heterocycles. The Bertz CT molecular complexity index is 407. The molecule has 0 amide bonds. The first-order chi connectivity index (χ1) is 6.06. The van der Waals surface area contributed by atoms with Crippen LogP contribution in [0.15, 0.2) is 15.8 Å². The summed E-state index contributed by atoms with van der Waals surface area (Å²) in [6, 6.07) is 0. The van der Waals surface area contributed by atoms with Crippen LogP contribution in [0.5, 0.6) is 0 Å². The van der Waals surface area contributed by atoms with Gasteiger partial charge in [0, 0.05) is 11.8 Å². The van der Waals surface area contributed by atoms with Gasteiger partial charge in [-0.3, -0.25) is 14.3 Å². The lowest BCUT2D eigenvalue weighted by atomic mass is 10.4. The highest BCUT2D eigenvalue weighted by Crippen LogP contribution is 2.15. The van der Waals surface area contributed by atoms with Crippen LogP contribution >= 0.6 is 15.9 Å². The summed E-state index contributed by atoms with van der Waals surface area (Å²) in [7, 11) is 0. The monoisotopic (exact) mass is 246 g/mol. The van der Waals surface area contributed by atoms with E-state index in [0.29, 0.717) is 5.56 Å². The third-order valence-corrected chi connectivity index (χ3v) is 2.87. The average Bonchev–Trinajstić information content (AvgIpc) is 2.10. The number of hydrogen-bond donors (Lipinski definition) is 1. The Labute approximate surface area is 83.7 Å². The summed E-state index contributed by atoms with van der Waals surface area (Å²) < 4.78 is 1.47. The molecule has 0 bridgehead atoms. The molecule has 0 spiro atoms.